The van der Waals surface area contributed by atoms with E-state index < -0.39 is 0 Å². The molecule has 21 aromatic rings. The quantitative estimate of drug-likeness (QED) is 0.102. The third-order valence-corrected chi connectivity index (χ3v) is 22.1. The maximum atomic E-state index is 5.14. The van der Waals surface area contributed by atoms with Crippen LogP contribution in [-0.2, 0) is 6.42 Å². The molecule has 0 bridgehead atoms. The maximum absolute atomic E-state index is 5.14. The van der Waals surface area contributed by atoms with Crippen LogP contribution in [0.15, 0.2) is 370 Å². The van der Waals surface area contributed by atoms with Gasteiger partial charge in [0.05, 0.1) is 67.3 Å². The van der Waals surface area contributed by atoms with Gasteiger partial charge in [-0.15, -0.1) is 0 Å². The molecule has 0 unspecified atom stereocenters. The van der Waals surface area contributed by atoms with Gasteiger partial charge in [-0.2, -0.15) is 0 Å². The van der Waals surface area contributed by atoms with E-state index >= 15 is 0 Å². The minimum Gasteiger partial charge on any atom is -0.251 e. The van der Waals surface area contributed by atoms with Gasteiger partial charge < -0.3 is 0 Å². The van der Waals surface area contributed by atoms with Gasteiger partial charge in [-0.3, -0.25) is 29.9 Å². The molecule has 0 saturated heterocycles. The molecule has 0 saturated carbocycles. The number of rotatable bonds is 13. The molecule has 0 aliphatic heterocycles. The van der Waals surface area contributed by atoms with Crippen LogP contribution in [0.3, 0.4) is 0 Å². The number of pyridine rings is 7. The molecule has 0 amide bonds. The topological polar surface area (TPSA) is 142 Å². The predicted octanol–water partition coefficient (Wildman–Crippen LogP) is 27.4. The van der Waals surface area contributed by atoms with Crippen LogP contribution < -0.4 is 0 Å². The Morgan fingerprint density at radius 3 is 0.843 bits per heavy atom. The van der Waals surface area contributed by atoms with Crippen molar-refractivity contribution in [2.45, 2.75) is 48.0 Å². The summed E-state index contributed by atoms with van der Waals surface area (Å²) in [6.45, 7) is 12.3. The van der Waals surface area contributed by atoms with Crippen molar-refractivity contribution in [1.82, 2.24) is 54.8 Å². The number of fused-ring (bicyclic) bond motifs is 9. The molecular weight excluding hydrogens is 1480 g/mol. The van der Waals surface area contributed by atoms with Gasteiger partial charge in [-0.05, 0) is 164 Å². The number of hydrogen-bond acceptors (Lipinski definition) is 11. The van der Waals surface area contributed by atoms with E-state index in [1.807, 2.05) is 119 Å². The first-order valence-corrected chi connectivity index (χ1v) is 40.9. The molecule has 0 fully saturated rings. The molecule has 576 valence electrons. The van der Waals surface area contributed by atoms with Crippen molar-refractivity contribution >= 4 is 65.4 Å². The molecule has 0 N–H and O–H groups in total. The van der Waals surface area contributed by atoms with E-state index in [1.165, 1.54) is 5.56 Å². The summed E-state index contributed by atoms with van der Waals surface area (Å²) in [6, 6.07) is 128. The van der Waals surface area contributed by atoms with Gasteiger partial charge in [0, 0.05) is 111 Å². The summed E-state index contributed by atoms with van der Waals surface area (Å²) in [7, 11) is 0. The molecule has 0 aliphatic carbocycles. The van der Waals surface area contributed by atoms with Crippen LogP contribution in [0.4, 0.5) is 0 Å². The average molecular weight is 1560 g/mol. The second-order valence-corrected chi connectivity index (χ2v) is 30.6. The molecular formula is C110H81N11. The lowest BCUT2D eigenvalue weighted by Crippen LogP contribution is -1.97. The molecule has 0 aliphatic rings. The number of aryl methyl sites for hydroxylation is 6. The lowest BCUT2D eigenvalue weighted by Gasteiger charge is -2.13. The summed E-state index contributed by atoms with van der Waals surface area (Å²) < 4.78 is 0. The van der Waals surface area contributed by atoms with Gasteiger partial charge in [-0.1, -0.05) is 298 Å². The third kappa shape index (κ3) is 15.9. The van der Waals surface area contributed by atoms with Crippen molar-refractivity contribution in [3.63, 3.8) is 0 Å². The van der Waals surface area contributed by atoms with Crippen LogP contribution >= 0.6 is 0 Å². The number of hydrogen-bond donors (Lipinski definition) is 0. The molecule has 0 spiro atoms. The summed E-state index contributed by atoms with van der Waals surface area (Å²) in [5.74, 6) is 1.41. The van der Waals surface area contributed by atoms with Crippen LogP contribution in [0.1, 0.15) is 41.1 Å². The highest BCUT2D eigenvalue weighted by Crippen LogP contribution is 2.41. The van der Waals surface area contributed by atoms with Gasteiger partial charge >= 0.3 is 0 Å². The molecule has 0 radical (unpaired) electrons. The Kier molecular flexibility index (Phi) is 20.7. The Balaban J connectivity index is 0.000000120. The molecule has 11 heteroatoms. The fraction of sp³-hybridized carbons (Fsp3) is 0.0636. The zero-order chi connectivity index (χ0) is 81.9. The van der Waals surface area contributed by atoms with E-state index in [0.29, 0.717) is 11.6 Å². The first-order valence-electron chi connectivity index (χ1n) is 40.9. The highest BCUT2D eigenvalue weighted by molar-refractivity contribution is 6.11. The molecule has 11 nitrogen and oxygen atoms in total. The number of nitrogens with zero attached hydrogens (tertiary/aromatic N) is 11. The predicted molar refractivity (Wildman–Crippen MR) is 498 cm³/mol. The highest BCUT2D eigenvalue weighted by atomic mass is 14.9. The summed E-state index contributed by atoms with van der Waals surface area (Å²) in [5.41, 5.74) is 34.5. The van der Waals surface area contributed by atoms with Crippen LogP contribution in [0.2, 0.25) is 0 Å². The molecule has 12 aromatic carbocycles. The van der Waals surface area contributed by atoms with E-state index in [-0.39, 0.29) is 0 Å². The SMILES string of the molecule is CCc1cc(-c2cccc(-c3cc(-c4ccccc4)nc(-c4ccccc4)n3)c2)c2ccc3ccc(C)nc3c2n1.Cc1ccc2ccc3c(-c4cccc(-c5cc(-c6ccccc6)cc(-c6ccccc6)n5)c4)cc(C)nc3c2n1.Cc1ccc2ccc3c(-c4cccc(-c5nc(-c6ccccc6)cc(-c6ccccc6)n5)c4)cc(C)nc3c2n1. The summed E-state index contributed by atoms with van der Waals surface area (Å²) in [4.78, 5) is 54.6. The molecule has 21 rings (SSSR count). The van der Waals surface area contributed by atoms with Crippen molar-refractivity contribution in [1.29, 1.82) is 0 Å². The fourth-order valence-corrected chi connectivity index (χ4v) is 16.0. The van der Waals surface area contributed by atoms with E-state index in [0.717, 1.165) is 224 Å². The van der Waals surface area contributed by atoms with Gasteiger partial charge in [0.25, 0.3) is 0 Å². The van der Waals surface area contributed by atoms with Gasteiger partial charge in [0.15, 0.2) is 11.6 Å². The van der Waals surface area contributed by atoms with Gasteiger partial charge in [-0.25, -0.2) is 24.9 Å². The van der Waals surface area contributed by atoms with Crippen molar-refractivity contribution < 1.29 is 0 Å². The monoisotopic (exact) mass is 1560 g/mol. The van der Waals surface area contributed by atoms with Crippen LogP contribution in [0, 0.1) is 34.6 Å². The zero-order valence-electron chi connectivity index (χ0n) is 67.8. The Morgan fingerprint density at radius 2 is 0.455 bits per heavy atom. The highest BCUT2D eigenvalue weighted by Gasteiger charge is 2.20. The van der Waals surface area contributed by atoms with Crippen molar-refractivity contribution in [2.75, 3.05) is 0 Å². The minimum atomic E-state index is 0.694. The third-order valence-electron chi connectivity index (χ3n) is 22.1. The second-order valence-electron chi connectivity index (χ2n) is 30.6. The average Bonchev–Trinajstić information content (AvgIpc) is 0.762. The zero-order valence-corrected chi connectivity index (χ0v) is 67.8. The standard InChI is InChI=1S/C37H28N4.C37H27N3.C36H26N4/c1-3-30-22-32(31-20-19-26-18-17-24(2)38-35(26)36(31)39-30)28-15-10-16-29(21-28)34-23-33(25-11-6-4-7-12-25)40-37(41-34)27-13-8-5-9-14-27;1-24-16-17-28-18-19-32-33(20-25(2)39-37(32)36(28)38-24)29-14-9-15-30(21-29)35-23-31(26-10-5-3-6-11-26)22-34(40-35)27-12-7-4-8-13-27;1-23-16-17-27-18-19-30-31(20-24(2)38-35(30)34(27)37-23)28-14-9-15-29(21-28)36-39-32(25-10-5-3-6-11-25)22-33(40-36)26-12-7-4-8-13-26/h4-23H,3H2,1-2H3;3-23H,1-2H3;3-22H,1-2H3. The van der Waals surface area contributed by atoms with E-state index in [4.69, 9.17) is 54.8 Å². The molecule has 9 aromatic heterocycles. The minimum absolute atomic E-state index is 0.694. The van der Waals surface area contributed by atoms with Gasteiger partial charge in [0.2, 0.25) is 0 Å². The summed E-state index contributed by atoms with van der Waals surface area (Å²) in [6.07, 6.45) is 0.845. The molecule has 9 heterocycles. The fourth-order valence-electron chi connectivity index (χ4n) is 16.0. The Labute approximate surface area is 702 Å². The van der Waals surface area contributed by atoms with Crippen molar-refractivity contribution in [2.24, 2.45) is 0 Å². The largest absolute Gasteiger partial charge is 0.251 e. The molecule has 0 atom stereocenters. The Morgan fingerprint density at radius 1 is 0.174 bits per heavy atom. The number of aromatic nitrogens is 11. The summed E-state index contributed by atoms with van der Waals surface area (Å²) >= 11 is 0. The summed E-state index contributed by atoms with van der Waals surface area (Å²) in [5, 5.41) is 6.58. The Bertz CT molecular complexity index is 7010. The first kappa shape index (κ1) is 75.5. The van der Waals surface area contributed by atoms with Crippen molar-refractivity contribution in [3.05, 3.63) is 404 Å². The second kappa shape index (κ2) is 33.2. The lowest BCUT2D eigenvalue weighted by molar-refractivity contribution is 1.06. The van der Waals surface area contributed by atoms with E-state index in [9.17, 15) is 0 Å². The number of benzene rings is 12. The maximum Gasteiger partial charge on any atom is 0.160 e. The van der Waals surface area contributed by atoms with Gasteiger partial charge in [0.1, 0.15) is 0 Å². The van der Waals surface area contributed by atoms with Crippen LogP contribution in [0.25, 0.3) is 200 Å². The van der Waals surface area contributed by atoms with E-state index in [1.54, 1.807) is 0 Å². The van der Waals surface area contributed by atoms with Crippen LogP contribution in [-0.4, -0.2) is 54.8 Å². The normalized spacial score (nSPS) is 11.3. The molecule has 121 heavy (non-hydrogen) atoms. The van der Waals surface area contributed by atoms with Crippen LogP contribution in [0.5, 0.6) is 0 Å². The Hall–Kier alpha value is -15.6. The van der Waals surface area contributed by atoms with E-state index in [2.05, 4.69) is 293 Å². The lowest BCUT2D eigenvalue weighted by atomic mass is 9.95. The smallest absolute Gasteiger partial charge is 0.160 e. The van der Waals surface area contributed by atoms with Crippen molar-refractivity contribution in [3.8, 4) is 135 Å². The first-order chi connectivity index (χ1) is 59.4.